The van der Waals surface area contributed by atoms with Crippen LogP contribution in [0.2, 0.25) is 0 Å². The quantitative estimate of drug-likeness (QED) is 0.467. The smallest absolute Gasteiger partial charge is 0.138 e. The molecule has 0 saturated carbocycles. The predicted molar refractivity (Wildman–Crippen MR) is 106 cm³/mol. The Morgan fingerprint density at radius 3 is 2.04 bits per heavy atom. The van der Waals surface area contributed by atoms with Crippen molar-refractivity contribution < 1.29 is 0 Å². The first-order valence-corrected chi connectivity index (χ1v) is 8.67. The summed E-state index contributed by atoms with van der Waals surface area (Å²) in [5.41, 5.74) is 7.10. The van der Waals surface area contributed by atoms with Gasteiger partial charge in [-0.15, -0.1) is 0 Å². The third kappa shape index (κ3) is 3.08. The molecule has 124 valence electrons. The maximum absolute atomic E-state index is 4.75. The van der Waals surface area contributed by atoms with E-state index in [1.807, 2.05) is 6.07 Å². The molecule has 0 aliphatic carbocycles. The average molecular weight is 326 g/mol. The topological polar surface area (TPSA) is 28.7 Å². The highest BCUT2D eigenvalue weighted by Crippen LogP contribution is 2.28. The number of nitrogens with zero attached hydrogens (tertiary/aromatic N) is 1. The molecule has 1 N–H and O–H groups in total. The Kier molecular flexibility index (Phi) is 3.69. The molecule has 0 aliphatic heterocycles. The maximum atomic E-state index is 4.75. The number of hydrogen-bond donors (Lipinski definition) is 1. The lowest BCUT2D eigenvalue weighted by molar-refractivity contribution is 0.591. The number of hydrogen-bond acceptors (Lipinski definition) is 1. The Morgan fingerprint density at radius 2 is 1.36 bits per heavy atom. The first-order valence-electron chi connectivity index (χ1n) is 8.67. The van der Waals surface area contributed by atoms with Crippen molar-refractivity contribution in [2.75, 3.05) is 0 Å². The van der Waals surface area contributed by atoms with Crippen molar-refractivity contribution in [1.82, 2.24) is 9.97 Å². The van der Waals surface area contributed by atoms with Crippen LogP contribution in [0.15, 0.2) is 72.8 Å². The van der Waals surface area contributed by atoms with Gasteiger partial charge in [0.05, 0.1) is 11.0 Å². The Balaban J connectivity index is 1.70. The highest BCUT2D eigenvalue weighted by molar-refractivity contribution is 5.80. The van der Waals surface area contributed by atoms with Gasteiger partial charge in [0.25, 0.3) is 0 Å². The molecule has 0 unspecified atom stereocenters. The van der Waals surface area contributed by atoms with Crippen molar-refractivity contribution in [2.45, 2.75) is 26.2 Å². The summed E-state index contributed by atoms with van der Waals surface area (Å²) in [6.45, 7) is 6.69. The number of benzene rings is 3. The normalized spacial score (nSPS) is 11.8. The zero-order valence-corrected chi connectivity index (χ0v) is 14.9. The number of aromatic nitrogens is 2. The number of rotatable bonds is 2. The molecule has 0 saturated heterocycles. The monoisotopic (exact) mass is 326 g/mol. The standard InChI is InChI=1S/C23H22N2/c1-23(2,3)19-13-14-20-21(15-19)25-22(24-20)18-11-9-17(10-12-18)16-7-5-4-6-8-16/h4-15H,1-3H3,(H,24,25). The number of fused-ring (bicyclic) bond motifs is 1. The van der Waals surface area contributed by atoms with Gasteiger partial charge < -0.3 is 4.98 Å². The minimum atomic E-state index is 0.136. The van der Waals surface area contributed by atoms with Crippen molar-refractivity contribution in [1.29, 1.82) is 0 Å². The molecule has 1 aromatic heterocycles. The second-order valence-corrected chi connectivity index (χ2v) is 7.51. The second-order valence-electron chi connectivity index (χ2n) is 7.51. The Bertz CT molecular complexity index is 1000. The van der Waals surface area contributed by atoms with Crippen LogP contribution in [-0.2, 0) is 5.41 Å². The highest BCUT2D eigenvalue weighted by atomic mass is 14.9. The van der Waals surface area contributed by atoms with Crippen molar-refractivity contribution in [3.63, 3.8) is 0 Å². The summed E-state index contributed by atoms with van der Waals surface area (Å²) in [7, 11) is 0. The minimum Gasteiger partial charge on any atom is -0.338 e. The van der Waals surface area contributed by atoms with Gasteiger partial charge in [0, 0.05) is 5.56 Å². The zero-order valence-electron chi connectivity index (χ0n) is 14.9. The first-order chi connectivity index (χ1) is 12.0. The molecule has 0 radical (unpaired) electrons. The van der Waals surface area contributed by atoms with E-state index in [0.717, 1.165) is 22.4 Å². The van der Waals surface area contributed by atoms with E-state index in [4.69, 9.17) is 4.98 Å². The highest BCUT2D eigenvalue weighted by Gasteiger charge is 2.15. The molecule has 3 aromatic carbocycles. The van der Waals surface area contributed by atoms with Crippen molar-refractivity contribution in [3.05, 3.63) is 78.4 Å². The van der Waals surface area contributed by atoms with Crippen LogP contribution >= 0.6 is 0 Å². The number of imidazole rings is 1. The summed E-state index contributed by atoms with van der Waals surface area (Å²) < 4.78 is 0. The number of H-pyrrole nitrogens is 1. The van der Waals surface area contributed by atoms with E-state index in [1.54, 1.807) is 0 Å². The van der Waals surface area contributed by atoms with E-state index in [1.165, 1.54) is 16.7 Å². The molecule has 1 heterocycles. The summed E-state index contributed by atoms with van der Waals surface area (Å²) in [5, 5.41) is 0. The fraction of sp³-hybridized carbons (Fsp3) is 0.174. The maximum Gasteiger partial charge on any atom is 0.138 e. The van der Waals surface area contributed by atoms with E-state index < -0.39 is 0 Å². The lowest BCUT2D eigenvalue weighted by Crippen LogP contribution is -2.10. The molecule has 2 heteroatoms. The van der Waals surface area contributed by atoms with E-state index in [2.05, 4.69) is 92.5 Å². The summed E-state index contributed by atoms with van der Waals surface area (Å²) in [6.07, 6.45) is 0. The summed E-state index contributed by atoms with van der Waals surface area (Å²) >= 11 is 0. The molecule has 0 bridgehead atoms. The minimum absolute atomic E-state index is 0.136. The van der Waals surface area contributed by atoms with E-state index in [0.29, 0.717) is 0 Å². The Hall–Kier alpha value is -2.87. The molecule has 0 spiro atoms. The molecule has 4 aromatic rings. The van der Waals surface area contributed by atoms with Gasteiger partial charge in [-0.2, -0.15) is 0 Å². The molecule has 2 nitrogen and oxygen atoms in total. The lowest BCUT2D eigenvalue weighted by Gasteiger charge is -2.18. The van der Waals surface area contributed by atoms with E-state index in [-0.39, 0.29) is 5.41 Å². The van der Waals surface area contributed by atoms with Crippen LogP contribution in [0.3, 0.4) is 0 Å². The van der Waals surface area contributed by atoms with Crippen molar-refractivity contribution in [2.24, 2.45) is 0 Å². The third-order valence-electron chi connectivity index (χ3n) is 4.61. The number of aromatic amines is 1. The van der Waals surface area contributed by atoms with Gasteiger partial charge >= 0.3 is 0 Å². The molecular formula is C23H22N2. The summed E-state index contributed by atoms with van der Waals surface area (Å²) in [5.74, 6) is 0.917. The van der Waals surface area contributed by atoms with Gasteiger partial charge in [-0.05, 0) is 34.2 Å². The van der Waals surface area contributed by atoms with Gasteiger partial charge in [0.2, 0.25) is 0 Å². The molecule has 25 heavy (non-hydrogen) atoms. The van der Waals surface area contributed by atoms with Crippen LogP contribution in [0.5, 0.6) is 0 Å². The van der Waals surface area contributed by atoms with Gasteiger partial charge in [0.1, 0.15) is 5.82 Å². The van der Waals surface area contributed by atoms with Crippen LogP contribution in [0.1, 0.15) is 26.3 Å². The van der Waals surface area contributed by atoms with E-state index in [9.17, 15) is 0 Å². The van der Waals surface area contributed by atoms with Crippen molar-refractivity contribution in [3.8, 4) is 22.5 Å². The van der Waals surface area contributed by atoms with Crippen LogP contribution in [-0.4, -0.2) is 9.97 Å². The van der Waals surface area contributed by atoms with Crippen LogP contribution in [0.25, 0.3) is 33.5 Å². The third-order valence-corrected chi connectivity index (χ3v) is 4.61. The lowest BCUT2D eigenvalue weighted by atomic mass is 9.87. The Morgan fingerprint density at radius 1 is 0.720 bits per heavy atom. The molecule has 0 aliphatic rings. The molecule has 0 atom stereocenters. The number of nitrogens with one attached hydrogen (secondary N) is 1. The van der Waals surface area contributed by atoms with Crippen molar-refractivity contribution >= 4 is 11.0 Å². The van der Waals surface area contributed by atoms with Crippen LogP contribution < -0.4 is 0 Å². The fourth-order valence-corrected chi connectivity index (χ4v) is 3.06. The predicted octanol–water partition coefficient (Wildman–Crippen LogP) is 6.19. The average Bonchev–Trinajstić information content (AvgIpc) is 3.05. The van der Waals surface area contributed by atoms with Gasteiger partial charge in [-0.1, -0.05) is 81.4 Å². The molecule has 4 rings (SSSR count). The molecule has 0 fully saturated rings. The molecule has 0 amide bonds. The summed E-state index contributed by atoms with van der Waals surface area (Å²) in [6, 6.07) is 25.5. The second kappa shape index (κ2) is 5.89. The van der Waals surface area contributed by atoms with E-state index >= 15 is 0 Å². The van der Waals surface area contributed by atoms with Crippen LogP contribution in [0, 0.1) is 0 Å². The zero-order chi connectivity index (χ0) is 17.4. The SMILES string of the molecule is CC(C)(C)c1ccc2nc(-c3ccc(-c4ccccc4)cc3)[nH]c2c1. The first kappa shape index (κ1) is 15.6. The van der Waals surface area contributed by atoms with Gasteiger partial charge in [-0.3, -0.25) is 0 Å². The fourth-order valence-electron chi connectivity index (χ4n) is 3.06. The van der Waals surface area contributed by atoms with Crippen LogP contribution in [0.4, 0.5) is 0 Å². The van der Waals surface area contributed by atoms with Gasteiger partial charge in [0.15, 0.2) is 0 Å². The Labute approximate surface area is 148 Å². The largest absolute Gasteiger partial charge is 0.338 e. The molecular weight excluding hydrogens is 304 g/mol. The summed E-state index contributed by atoms with van der Waals surface area (Å²) in [4.78, 5) is 8.23. The van der Waals surface area contributed by atoms with Gasteiger partial charge in [-0.25, -0.2) is 4.98 Å².